The number of para-hydroxylation sites is 1. The Balaban J connectivity index is 1.96. The number of phenolic OH excluding ortho intramolecular Hbond substituents is 1. The molecule has 0 aliphatic carbocycles. The molecule has 0 fully saturated rings. The molecule has 2 rings (SSSR count). The number of nitrogens with zero attached hydrogens (tertiary/aromatic N) is 1. The van der Waals surface area contributed by atoms with Gasteiger partial charge in [-0.25, -0.2) is 4.39 Å². The van der Waals surface area contributed by atoms with Gasteiger partial charge in [0.25, 0.3) is 0 Å². The van der Waals surface area contributed by atoms with Gasteiger partial charge >= 0.3 is 0 Å². The maximum absolute atomic E-state index is 13.0. The van der Waals surface area contributed by atoms with Gasteiger partial charge < -0.3 is 15.2 Å². The van der Waals surface area contributed by atoms with Crippen LogP contribution in [0.4, 0.5) is 10.1 Å². The van der Waals surface area contributed by atoms with E-state index >= 15 is 0 Å². The molecule has 2 aromatic carbocycles. The van der Waals surface area contributed by atoms with Crippen molar-refractivity contribution >= 4 is 29.2 Å². The highest BCUT2D eigenvalue weighted by Gasteiger charge is 2.04. The van der Waals surface area contributed by atoms with Crippen LogP contribution in [0.2, 0.25) is 0 Å². The molecule has 0 amide bonds. The molecule has 0 aliphatic heterocycles. The van der Waals surface area contributed by atoms with Crippen LogP contribution in [0.15, 0.2) is 47.6 Å². The fraction of sp³-hybridized carbons (Fsp3) is 0.0667. The lowest BCUT2D eigenvalue weighted by Crippen LogP contribution is -2.23. The average Bonchev–Trinajstić information content (AvgIpc) is 2.49. The average molecular weight is 319 g/mol. The van der Waals surface area contributed by atoms with E-state index in [-0.39, 0.29) is 16.7 Å². The van der Waals surface area contributed by atoms with Crippen molar-refractivity contribution in [3.8, 4) is 11.5 Å². The molecule has 0 bridgehead atoms. The van der Waals surface area contributed by atoms with Crippen LogP contribution in [0.1, 0.15) is 5.56 Å². The molecule has 7 heteroatoms. The molecule has 2 aromatic rings. The predicted octanol–water partition coefficient (Wildman–Crippen LogP) is 2.86. The monoisotopic (exact) mass is 319 g/mol. The van der Waals surface area contributed by atoms with Gasteiger partial charge in [0, 0.05) is 11.3 Å². The Kier molecular flexibility index (Phi) is 5.26. The Morgan fingerprint density at radius 2 is 2.09 bits per heavy atom. The summed E-state index contributed by atoms with van der Waals surface area (Å²) in [6.45, 7) is 0. The molecule has 0 saturated carbocycles. The minimum absolute atomic E-state index is 0.0143. The molecule has 0 aromatic heterocycles. The summed E-state index contributed by atoms with van der Waals surface area (Å²) in [4.78, 5) is 0. The molecule has 3 N–H and O–H groups in total. The molecule has 0 saturated heterocycles. The number of nitrogens with one attached hydrogen (secondary N) is 2. The highest BCUT2D eigenvalue weighted by atomic mass is 32.1. The number of hydrazone groups is 1. The molecular formula is C15H14FN3O2S. The van der Waals surface area contributed by atoms with Crippen LogP contribution in [-0.2, 0) is 0 Å². The van der Waals surface area contributed by atoms with Crippen molar-refractivity contribution in [3.63, 3.8) is 0 Å². The Morgan fingerprint density at radius 1 is 1.32 bits per heavy atom. The maximum atomic E-state index is 13.0. The Bertz CT molecular complexity index is 707. The van der Waals surface area contributed by atoms with E-state index < -0.39 is 0 Å². The third-order valence-corrected chi connectivity index (χ3v) is 2.90. The van der Waals surface area contributed by atoms with Crippen molar-refractivity contribution in [1.82, 2.24) is 5.43 Å². The lowest BCUT2D eigenvalue weighted by molar-refractivity contribution is 0.373. The number of aromatic hydroxyl groups is 1. The fourth-order valence-electron chi connectivity index (χ4n) is 1.69. The smallest absolute Gasteiger partial charge is 0.191 e. The lowest BCUT2D eigenvalue weighted by Gasteiger charge is -2.07. The van der Waals surface area contributed by atoms with E-state index in [0.717, 1.165) is 0 Å². The van der Waals surface area contributed by atoms with Crippen LogP contribution in [0, 0.1) is 5.82 Å². The summed E-state index contributed by atoms with van der Waals surface area (Å²) in [6, 6.07) is 10.9. The molecule has 22 heavy (non-hydrogen) atoms. The molecule has 0 heterocycles. The normalized spacial score (nSPS) is 10.5. The summed E-state index contributed by atoms with van der Waals surface area (Å²) in [5, 5.41) is 16.8. The van der Waals surface area contributed by atoms with Crippen LogP contribution >= 0.6 is 12.2 Å². The molecule has 114 valence electrons. The minimum atomic E-state index is -0.363. The Morgan fingerprint density at radius 3 is 2.82 bits per heavy atom. The number of rotatable bonds is 4. The zero-order chi connectivity index (χ0) is 15.9. The minimum Gasteiger partial charge on any atom is -0.504 e. The number of ether oxygens (including phenoxy) is 1. The number of benzene rings is 2. The number of methoxy groups -OCH3 is 1. The van der Waals surface area contributed by atoms with Crippen LogP contribution in [0.3, 0.4) is 0 Å². The van der Waals surface area contributed by atoms with Gasteiger partial charge in [-0.05, 0) is 42.5 Å². The van der Waals surface area contributed by atoms with E-state index in [1.807, 2.05) is 0 Å². The molecule has 0 radical (unpaired) electrons. The third kappa shape index (κ3) is 4.16. The number of hydrogen-bond acceptors (Lipinski definition) is 4. The van der Waals surface area contributed by atoms with Crippen molar-refractivity contribution < 1.29 is 14.2 Å². The number of hydrogen-bond donors (Lipinski definition) is 3. The fourth-order valence-corrected chi connectivity index (χ4v) is 1.86. The Labute approximate surface area is 132 Å². The van der Waals surface area contributed by atoms with E-state index in [9.17, 15) is 9.50 Å². The van der Waals surface area contributed by atoms with Gasteiger partial charge in [-0.3, -0.25) is 5.43 Å². The summed E-state index contributed by atoms with van der Waals surface area (Å²) >= 11 is 5.03. The van der Waals surface area contributed by atoms with E-state index in [2.05, 4.69) is 15.8 Å². The third-order valence-electron chi connectivity index (χ3n) is 2.70. The first-order valence-electron chi connectivity index (χ1n) is 6.31. The zero-order valence-corrected chi connectivity index (χ0v) is 12.5. The summed E-state index contributed by atoms with van der Waals surface area (Å²) in [7, 11) is 1.46. The highest BCUT2D eigenvalue weighted by molar-refractivity contribution is 7.80. The first-order valence-corrected chi connectivity index (χ1v) is 6.72. The molecule has 0 aliphatic rings. The second kappa shape index (κ2) is 7.37. The summed E-state index contributed by atoms with van der Waals surface area (Å²) in [5.74, 6) is -0.0263. The summed E-state index contributed by atoms with van der Waals surface area (Å²) in [6.07, 6.45) is 1.40. The van der Waals surface area contributed by atoms with Gasteiger partial charge in [0.05, 0.1) is 13.3 Å². The van der Waals surface area contributed by atoms with Crippen molar-refractivity contribution in [2.45, 2.75) is 0 Å². The number of thiocarbonyl (C=S) groups is 1. The van der Waals surface area contributed by atoms with Crippen LogP contribution in [0.25, 0.3) is 0 Å². The Hall–Kier alpha value is -2.67. The number of anilines is 1. The van der Waals surface area contributed by atoms with E-state index in [1.54, 1.807) is 30.3 Å². The topological polar surface area (TPSA) is 65.9 Å². The first kappa shape index (κ1) is 15.7. The van der Waals surface area contributed by atoms with Crippen LogP contribution in [0.5, 0.6) is 11.5 Å². The van der Waals surface area contributed by atoms with Gasteiger partial charge in [0.1, 0.15) is 5.82 Å². The van der Waals surface area contributed by atoms with Gasteiger partial charge in [0.15, 0.2) is 16.6 Å². The zero-order valence-electron chi connectivity index (χ0n) is 11.7. The van der Waals surface area contributed by atoms with Crippen molar-refractivity contribution in [1.29, 1.82) is 0 Å². The first-order chi connectivity index (χ1) is 10.6. The van der Waals surface area contributed by atoms with Gasteiger partial charge in [-0.15, -0.1) is 0 Å². The number of phenols is 1. The SMILES string of the molecule is COc1cccc(C=NNC(=S)Nc2cccc(F)c2)c1O. The van der Waals surface area contributed by atoms with Crippen LogP contribution in [-0.4, -0.2) is 23.5 Å². The second-order valence-electron chi connectivity index (χ2n) is 4.23. The van der Waals surface area contributed by atoms with Gasteiger partial charge in [-0.1, -0.05) is 12.1 Å². The van der Waals surface area contributed by atoms with Gasteiger partial charge in [-0.2, -0.15) is 5.10 Å². The van der Waals surface area contributed by atoms with Gasteiger partial charge in [0.2, 0.25) is 0 Å². The lowest BCUT2D eigenvalue weighted by atomic mass is 10.2. The maximum Gasteiger partial charge on any atom is 0.191 e. The standard InChI is InChI=1S/C15H14FN3O2S/c1-21-13-7-2-4-10(14(13)20)9-17-19-15(22)18-12-6-3-5-11(16)8-12/h2-9,20H,1H3,(H2,18,19,22). The van der Waals surface area contributed by atoms with E-state index in [4.69, 9.17) is 17.0 Å². The molecule has 0 atom stereocenters. The van der Waals surface area contributed by atoms with Crippen molar-refractivity contribution in [3.05, 3.63) is 53.8 Å². The largest absolute Gasteiger partial charge is 0.504 e. The van der Waals surface area contributed by atoms with E-state index in [1.165, 1.54) is 25.5 Å². The summed E-state index contributed by atoms with van der Waals surface area (Å²) < 4.78 is 18.0. The van der Waals surface area contributed by atoms with E-state index in [0.29, 0.717) is 17.0 Å². The van der Waals surface area contributed by atoms with Crippen molar-refractivity contribution in [2.75, 3.05) is 12.4 Å². The highest BCUT2D eigenvalue weighted by Crippen LogP contribution is 2.27. The quantitative estimate of drug-likeness (QED) is 0.459. The molecule has 5 nitrogen and oxygen atoms in total. The molecule has 0 unspecified atom stereocenters. The molecular weight excluding hydrogens is 305 g/mol. The molecule has 0 spiro atoms. The number of halogens is 1. The van der Waals surface area contributed by atoms with Crippen LogP contribution < -0.4 is 15.5 Å². The second-order valence-corrected chi connectivity index (χ2v) is 4.64. The predicted molar refractivity (Wildman–Crippen MR) is 88.0 cm³/mol. The van der Waals surface area contributed by atoms with Crippen molar-refractivity contribution in [2.24, 2.45) is 5.10 Å². The summed E-state index contributed by atoms with van der Waals surface area (Å²) in [5.41, 5.74) is 3.56.